The van der Waals surface area contributed by atoms with Crippen molar-refractivity contribution in [1.29, 1.82) is 0 Å². The lowest BCUT2D eigenvalue weighted by atomic mass is 10.2. The van der Waals surface area contributed by atoms with E-state index in [0.29, 0.717) is 17.4 Å². The number of aromatic nitrogens is 1. The number of benzene rings is 1. The lowest BCUT2D eigenvalue weighted by Crippen LogP contribution is -2.19. The number of hydrogen-bond acceptors (Lipinski definition) is 5. The summed E-state index contributed by atoms with van der Waals surface area (Å²) in [6.07, 6.45) is 2.15. The number of hydrogen-bond donors (Lipinski definition) is 1. The van der Waals surface area contributed by atoms with Crippen LogP contribution in [0.3, 0.4) is 0 Å². The van der Waals surface area contributed by atoms with Gasteiger partial charge in [0.25, 0.3) is 5.91 Å². The Balaban J connectivity index is 1.65. The minimum absolute atomic E-state index is 0.00695. The fourth-order valence-corrected chi connectivity index (χ4v) is 2.95. The summed E-state index contributed by atoms with van der Waals surface area (Å²) in [4.78, 5) is 16.8. The van der Waals surface area contributed by atoms with Crippen LogP contribution in [0.1, 0.15) is 18.2 Å². The van der Waals surface area contributed by atoms with Crippen LogP contribution in [0.25, 0.3) is 0 Å². The molecule has 1 N–H and O–H groups in total. The lowest BCUT2D eigenvalue weighted by Gasteiger charge is -2.12. The number of anilines is 2. The molecule has 1 amide bonds. The predicted molar refractivity (Wildman–Crippen MR) is 86.1 cm³/mol. The molecule has 0 atom stereocenters. The molecular formula is C14H13ClN4OS. The number of hydrazone groups is 1. The van der Waals surface area contributed by atoms with Gasteiger partial charge in [0.15, 0.2) is 4.47 Å². The monoisotopic (exact) mass is 320 g/mol. The summed E-state index contributed by atoms with van der Waals surface area (Å²) in [7, 11) is 0. The number of carbonyl (C=O) groups excluding carboxylic acids is 1. The van der Waals surface area contributed by atoms with Gasteiger partial charge in [0.05, 0.1) is 18.7 Å². The van der Waals surface area contributed by atoms with Crippen LogP contribution in [0.2, 0.25) is 4.47 Å². The van der Waals surface area contributed by atoms with Gasteiger partial charge in [0.2, 0.25) is 0 Å². The lowest BCUT2D eigenvalue weighted by molar-refractivity contribution is -0.116. The van der Waals surface area contributed by atoms with E-state index in [1.807, 2.05) is 31.2 Å². The molecule has 2 aromatic rings. The van der Waals surface area contributed by atoms with Crippen molar-refractivity contribution < 1.29 is 4.79 Å². The molecule has 0 bridgehead atoms. The first-order valence-electron chi connectivity index (χ1n) is 6.43. The van der Waals surface area contributed by atoms with E-state index < -0.39 is 0 Å². The molecule has 1 aliphatic rings. The average molecular weight is 321 g/mol. The summed E-state index contributed by atoms with van der Waals surface area (Å²) >= 11 is 7.24. The van der Waals surface area contributed by atoms with Crippen molar-refractivity contribution in [2.45, 2.75) is 19.9 Å². The van der Waals surface area contributed by atoms with Crippen LogP contribution in [-0.4, -0.2) is 16.6 Å². The van der Waals surface area contributed by atoms with E-state index in [2.05, 4.69) is 15.4 Å². The molecule has 7 heteroatoms. The largest absolute Gasteiger partial charge is 0.380 e. The van der Waals surface area contributed by atoms with Gasteiger partial charge in [-0.2, -0.15) is 5.10 Å². The number of carbonyl (C=O) groups is 1. The van der Waals surface area contributed by atoms with Gasteiger partial charge in [-0.1, -0.05) is 11.6 Å². The highest BCUT2D eigenvalue weighted by Crippen LogP contribution is 2.23. The van der Waals surface area contributed by atoms with Crippen molar-refractivity contribution in [1.82, 2.24) is 4.98 Å². The third kappa shape index (κ3) is 3.22. The second-order valence-corrected chi connectivity index (χ2v) is 6.39. The number of halogens is 1. The van der Waals surface area contributed by atoms with E-state index in [4.69, 9.17) is 11.6 Å². The molecule has 3 rings (SSSR count). The third-order valence-electron chi connectivity index (χ3n) is 3.02. The third-order valence-corrected chi connectivity index (χ3v) is 4.13. The SMILES string of the molecule is CC1=NN(c2ccc(NCc3cnc(Cl)s3)cc2)C(=O)C1. The van der Waals surface area contributed by atoms with Crippen LogP contribution >= 0.6 is 22.9 Å². The second kappa shape index (κ2) is 5.83. The topological polar surface area (TPSA) is 57.6 Å². The van der Waals surface area contributed by atoms with E-state index in [9.17, 15) is 4.79 Å². The predicted octanol–water partition coefficient (Wildman–Crippen LogP) is 3.52. The number of nitrogens with zero attached hydrogens (tertiary/aromatic N) is 3. The number of thiazole rings is 1. The molecular weight excluding hydrogens is 308 g/mol. The van der Waals surface area contributed by atoms with Crippen LogP contribution in [0.5, 0.6) is 0 Å². The van der Waals surface area contributed by atoms with Gasteiger partial charge in [-0.25, -0.2) is 9.99 Å². The van der Waals surface area contributed by atoms with E-state index in [-0.39, 0.29) is 5.91 Å². The molecule has 0 radical (unpaired) electrons. The van der Waals surface area contributed by atoms with Crippen LogP contribution in [-0.2, 0) is 11.3 Å². The van der Waals surface area contributed by atoms with Crippen molar-refractivity contribution in [3.63, 3.8) is 0 Å². The standard InChI is InChI=1S/C14H13ClN4OS/c1-9-6-13(20)19(18-9)11-4-2-10(3-5-11)16-7-12-8-17-14(15)21-12/h2-5,8,16H,6-7H2,1H3. The molecule has 0 saturated carbocycles. The van der Waals surface area contributed by atoms with Crippen LogP contribution in [0.4, 0.5) is 11.4 Å². The first-order chi connectivity index (χ1) is 10.1. The van der Waals surface area contributed by atoms with Crippen LogP contribution in [0.15, 0.2) is 35.6 Å². The minimum Gasteiger partial charge on any atom is -0.380 e. The Labute approximate surface area is 131 Å². The zero-order valence-electron chi connectivity index (χ0n) is 11.3. The number of amides is 1. The maximum atomic E-state index is 11.8. The summed E-state index contributed by atoms with van der Waals surface area (Å²) in [6, 6.07) is 7.60. The van der Waals surface area contributed by atoms with Crippen molar-refractivity contribution in [3.05, 3.63) is 39.8 Å². The summed E-state index contributed by atoms with van der Waals surface area (Å²) in [6.45, 7) is 2.53. The highest BCUT2D eigenvalue weighted by molar-refractivity contribution is 7.15. The molecule has 108 valence electrons. The van der Waals surface area contributed by atoms with Crippen LogP contribution < -0.4 is 10.3 Å². The molecule has 0 saturated heterocycles. The first-order valence-corrected chi connectivity index (χ1v) is 7.62. The Hall–Kier alpha value is -1.92. The van der Waals surface area contributed by atoms with E-state index >= 15 is 0 Å². The van der Waals surface area contributed by atoms with E-state index in [1.54, 1.807) is 6.20 Å². The highest BCUT2D eigenvalue weighted by atomic mass is 35.5. The zero-order chi connectivity index (χ0) is 14.8. The van der Waals surface area contributed by atoms with Gasteiger partial charge in [-0.05, 0) is 31.2 Å². The van der Waals surface area contributed by atoms with Gasteiger partial charge < -0.3 is 5.32 Å². The van der Waals surface area contributed by atoms with E-state index in [1.165, 1.54) is 16.3 Å². The summed E-state index contributed by atoms with van der Waals surface area (Å²) in [5.41, 5.74) is 2.59. The Kier molecular flexibility index (Phi) is 3.90. The van der Waals surface area contributed by atoms with Gasteiger partial charge in [-0.3, -0.25) is 4.79 Å². The molecule has 0 fully saturated rings. The van der Waals surface area contributed by atoms with Crippen LogP contribution in [0, 0.1) is 0 Å². The van der Waals surface area contributed by atoms with Gasteiger partial charge >= 0.3 is 0 Å². The summed E-state index contributed by atoms with van der Waals surface area (Å²) < 4.78 is 0.544. The smallest absolute Gasteiger partial charge is 0.253 e. The highest BCUT2D eigenvalue weighted by Gasteiger charge is 2.22. The molecule has 0 aliphatic carbocycles. The maximum absolute atomic E-state index is 11.8. The van der Waals surface area contributed by atoms with Crippen molar-refractivity contribution in [2.24, 2.45) is 5.10 Å². The summed E-state index contributed by atoms with van der Waals surface area (Å²) in [5.74, 6) is 0.00695. The molecule has 1 aromatic heterocycles. The molecule has 1 aliphatic heterocycles. The number of nitrogens with one attached hydrogen (secondary N) is 1. The van der Waals surface area contributed by atoms with E-state index in [0.717, 1.165) is 22.0 Å². The molecule has 0 spiro atoms. The van der Waals surface area contributed by atoms with Gasteiger partial charge in [0.1, 0.15) is 0 Å². The molecule has 1 aromatic carbocycles. The van der Waals surface area contributed by atoms with Gasteiger partial charge in [0, 0.05) is 22.5 Å². The number of rotatable bonds is 4. The maximum Gasteiger partial charge on any atom is 0.253 e. The minimum atomic E-state index is 0.00695. The Morgan fingerprint density at radius 1 is 1.38 bits per heavy atom. The fourth-order valence-electron chi connectivity index (χ4n) is 2.03. The normalized spacial score (nSPS) is 14.5. The Bertz CT molecular complexity index is 695. The van der Waals surface area contributed by atoms with Gasteiger partial charge in [-0.15, -0.1) is 11.3 Å². The van der Waals surface area contributed by atoms with Crippen molar-refractivity contribution in [2.75, 3.05) is 10.3 Å². The molecule has 21 heavy (non-hydrogen) atoms. The zero-order valence-corrected chi connectivity index (χ0v) is 12.9. The first kappa shape index (κ1) is 14.0. The Morgan fingerprint density at radius 3 is 2.71 bits per heavy atom. The molecule has 5 nitrogen and oxygen atoms in total. The summed E-state index contributed by atoms with van der Waals surface area (Å²) in [5, 5.41) is 8.96. The quantitative estimate of drug-likeness (QED) is 0.937. The van der Waals surface area contributed by atoms with Crippen molar-refractivity contribution in [3.8, 4) is 0 Å². The Morgan fingerprint density at radius 2 is 2.14 bits per heavy atom. The van der Waals surface area contributed by atoms with Crippen molar-refractivity contribution >= 4 is 45.9 Å². The fraction of sp³-hybridized carbons (Fsp3) is 0.214. The molecule has 0 unspecified atom stereocenters. The molecule has 2 heterocycles. The average Bonchev–Trinajstić information content (AvgIpc) is 3.03. The second-order valence-electron chi connectivity index (χ2n) is 4.70.